The van der Waals surface area contributed by atoms with Gasteiger partial charge in [0.2, 0.25) is 0 Å². The lowest BCUT2D eigenvalue weighted by atomic mass is 10.00. The van der Waals surface area contributed by atoms with Crippen molar-refractivity contribution < 1.29 is 42.5 Å². The molecule has 0 aliphatic rings. The van der Waals surface area contributed by atoms with E-state index >= 15 is 0 Å². The minimum absolute atomic E-state index is 0.178. The summed E-state index contributed by atoms with van der Waals surface area (Å²) in [7, 11) is -10.4. The van der Waals surface area contributed by atoms with E-state index in [1.807, 2.05) is 0 Å². The highest BCUT2D eigenvalue weighted by atomic mass is 31.3. The molecule has 0 amide bonds. The maximum absolute atomic E-state index is 11.1. The van der Waals surface area contributed by atoms with Crippen LogP contribution in [0.25, 0.3) is 0 Å². The second kappa shape index (κ2) is 5.58. The van der Waals surface area contributed by atoms with Gasteiger partial charge in [-0.15, -0.1) is 0 Å². The number of phosphoric acid groups is 2. The van der Waals surface area contributed by atoms with E-state index in [1.54, 1.807) is 6.92 Å². The quantitative estimate of drug-likeness (QED) is 0.506. The van der Waals surface area contributed by atoms with Gasteiger partial charge in [-0.1, -0.05) is 6.92 Å². The third kappa shape index (κ3) is 8.45. The molecule has 2 atom stereocenters. The first kappa shape index (κ1) is 16.7. The van der Waals surface area contributed by atoms with Crippen molar-refractivity contribution >= 4 is 21.6 Å². The summed E-state index contributed by atoms with van der Waals surface area (Å²) in [5, 5.41) is 9.46. The molecule has 9 nitrogen and oxygen atoms in total. The van der Waals surface area contributed by atoms with Crippen LogP contribution in [0.15, 0.2) is 0 Å². The van der Waals surface area contributed by atoms with Gasteiger partial charge in [0.1, 0.15) is 0 Å². The van der Waals surface area contributed by atoms with Crippen LogP contribution in [0, 0.1) is 0 Å². The Morgan fingerprint density at radius 2 is 1.76 bits per heavy atom. The molecule has 0 aliphatic heterocycles. The van der Waals surface area contributed by atoms with E-state index < -0.39 is 33.6 Å². The smallest absolute Gasteiger partial charge is 0.390 e. The number of hydrogen-bond donors (Lipinski definition) is 4. The Bertz CT molecular complexity index is 370. The van der Waals surface area contributed by atoms with Crippen molar-refractivity contribution in [1.82, 2.24) is 0 Å². The lowest BCUT2D eigenvalue weighted by Gasteiger charge is -2.20. The van der Waals surface area contributed by atoms with Gasteiger partial charge in [-0.2, -0.15) is 4.31 Å². The zero-order chi connectivity index (χ0) is 13.9. The van der Waals surface area contributed by atoms with Gasteiger partial charge >= 0.3 is 21.6 Å². The molecule has 102 valence electrons. The number of rotatable bonds is 6. The second-order valence-electron chi connectivity index (χ2n) is 3.53. The van der Waals surface area contributed by atoms with Gasteiger partial charge in [0.05, 0.1) is 12.0 Å². The summed E-state index contributed by atoms with van der Waals surface area (Å²) in [5.41, 5.74) is -1.45. The fourth-order valence-electron chi connectivity index (χ4n) is 0.748. The molecule has 0 aromatic rings. The fraction of sp³-hybridized carbons (Fsp3) is 0.833. The SMILES string of the molecule is CCC(C)(O)CC(=O)OP(=O)(O)OP(=O)(O)O. The van der Waals surface area contributed by atoms with Gasteiger partial charge in [-0.25, -0.2) is 9.13 Å². The highest BCUT2D eigenvalue weighted by Crippen LogP contribution is 2.57. The Morgan fingerprint density at radius 3 is 2.12 bits per heavy atom. The standard InChI is InChI=1S/C6H14O9P2/c1-3-6(2,8)4-5(7)14-17(12,13)15-16(9,10)11/h8H,3-4H2,1-2H3,(H,12,13)(H2,9,10,11). The molecular weight excluding hydrogens is 278 g/mol. The Morgan fingerprint density at radius 1 is 1.29 bits per heavy atom. The summed E-state index contributed by atoms with van der Waals surface area (Å²) in [6, 6.07) is 0. The van der Waals surface area contributed by atoms with Crippen LogP contribution in [0.5, 0.6) is 0 Å². The minimum Gasteiger partial charge on any atom is -0.390 e. The molecule has 0 saturated heterocycles. The van der Waals surface area contributed by atoms with Crippen molar-refractivity contribution in [2.75, 3.05) is 0 Å². The van der Waals surface area contributed by atoms with Crippen LogP contribution >= 0.6 is 15.6 Å². The molecule has 0 aliphatic carbocycles. The molecule has 17 heavy (non-hydrogen) atoms. The zero-order valence-corrected chi connectivity index (χ0v) is 10.9. The van der Waals surface area contributed by atoms with Crippen LogP contribution in [0.2, 0.25) is 0 Å². The van der Waals surface area contributed by atoms with Crippen molar-refractivity contribution in [3.63, 3.8) is 0 Å². The molecule has 0 heterocycles. The molecule has 0 rings (SSSR count). The number of aliphatic hydroxyl groups is 1. The molecule has 11 heteroatoms. The normalized spacial score (nSPS) is 19.2. The second-order valence-corrected chi connectivity index (χ2v) is 6.29. The number of hydrogen-bond acceptors (Lipinski definition) is 6. The van der Waals surface area contributed by atoms with E-state index in [0.717, 1.165) is 0 Å². The molecule has 4 N–H and O–H groups in total. The molecule has 0 bridgehead atoms. The maximum Gasteiger partial charge on any atom is 0.538 e. The zero-order valence-electron chi connectivity index (χ0n) is 9.14. The Balaban J connectivity index is 4.49. The van der Waals surface area contributed by atoms with Gasteiger partial charge in [-0.05, 0) is 13.3 Å². The van der Waals surface area contributed by atoms with Crippen molar-refractivity contribution in [3.8, 4) is 0 Å². The summed E-state index contributed by atoms with van der Waals surface area (Å²) in [6.07, 6.45) is -0.435. The maximum atomic E-state index is 11.1. The van der Waals surface area contributed by atoms with Crippen LogP contribution < -0.4 is 0 Å². The average Bonchev–Trinajstić information content (AvgIpc) is 1.96. The summed E-state index contributed by atoms with van der Waals surface area (Å²) in [4.78, 5) is 36.4. The molecule has 0 aromatic heterocycles. The Labute approximate surface area is 97.2 Å². The number of carbonyl (C=O) groups is 1. The van der Waals surface area contributed by atoms with Crippen LogP contribution in [0.1, 0.15) is 26.7 Å². The molecular formula is C6H14O9P2. The molecule has 0 saturated carbocycles. The van der Waals surface area contributed by atoms with Gasteiger partial charge in [0.25, 0.3) is 0 Å². The van der Waals surface area contributed by atoms with Crippen LogP contribution in [-0.4, -0.2) is 31.4 Å². The van der Waals surface area contributed by atoms with Gasteiger partial charge in [0, 0.05) is 0 Å². The highest BCUT2D eigenvalue weighted by Gasteiger charge is 2.37. The Kier molecular flexibility index (Phi) is 5.49. The first-order valence-electron chi connectivity index (χ1n) is 4.41. The molecule has 0 spiro atoms. The van der Waals surface area contributed by atoms with Gasteiger partial charge in [0.15, 0.2) is 0 Å². The predicted molar refractivity (Wildman–Crippen MR) is 54.6 cm³/mol. The van der Waals surface area contributed by atoms with Gasteiger partial charge in [-0.3, -0.25) is 9.69 Å². The third-order valence-corrected chi connectivity index (χ3v) is 3.82. The first-order chi connectivity index (χ1) is 7.37. The lowest BCUT2D eigenvalue weighted by molar-refractivity contribution is -0.140. The topological polar surface area (TPSA) is 151 Å². The van der Waals surface area contributed by atoms with Crippen molar-refractivity contribution in [2.45, 2.75) is 32.3 Å². The lowest BCUT2D eigenvalue weighted by Crippen LogP contribution is -2.27. The van der Waals surface area contributed by atoms with Gasteiger partial charge < -0.3 is 19.4 Å². The van der Waals surface area contributed by atoms with Crippen LogP contribution in [0.3, 0.4) is 0 Å². The number of carbonyl (C=O) groups excluding carboxylic acids is 1. The van der Waals surface area contributed by atoms with E-state index in [1.165, 1.54) is 6.92 Å². The summed E-state index contributed by atoms with van der Waals surface area (Å²) in [5.74, 6) is -1.31. The highest BCUT2D eigenvalue weighted by molar-refractivity contribution is 7.61. The van der Waals surface area contributed by atoms with Crippen molar-refractivity contribution in [1.29, 1.82) is 0 Å². The van der Waals surface area contributed by atoms with Crippen molar-refractivity contribution in [2.24, 2.45) is 0 Å². The number of phosphoric ester groups is 1. The average molecular weight is 292 g/mol. The molecule has 0 radical (unpaired) electrons. The van der Waals surface area contributed by atoms with Crippen LogP contribution in [-0.2, 0) is 22.8 Å². The van der Waals surface area contributed by atoms with Crippen molar-refractivity contribution in [3.05, 3.63) is 0 Å². The third-order valence-electron chi connectivity index (χ3n) is 1.71. The summed E-state index contributed by atoms with van der Waals surface area (Å²) in [6.45, 7) is 2.86. The van der Waals surface area contributed by atoms with Crippen LogP contribution in [0.4, 0.5) is 0 Å². The van der Waals surface area contributed by atoms with E-state index in [0.29, 0.717) is 0 Å². The van der Waals surface area contributed by atoms with E-state index in [9.17, 15) is 19.0 Å². The molecule has 0 aromatic carbocycles. The first-order valence-corrected chi connectivity index (χ1v) is 7.44. The Hall–Kier alpha value is -0.270. The minimum atomic E-state index is -5.25. The fourth-order valence-corrected chi connectivity index (χ4v) is 2.28. The van der Waals surface area contributed by atoms with E-state index in [-0.39, 0.29) is 6.42 Å². The monoisotopic (exact) mass is 292 g/mol. The van der Waals surface area contributed by atoms with E-state index in [2.05, 4.69) is 8.83 Å². The summed E-state index contributed by atoms with van der Waals surface area (Å²) >= 11 is 0. The largest absolute Gasteiger partial charge is 0.538 e. The molecule has 0 fully saturated rings. The predicted octanol–water partition coefficient (Wildman–Crippen LogP) is 0.290. The summed E-state index contributed by atoms with van der Waals surface area (Å²) < 4.78 is 28.4. The van der Waals surface area contributed by atoms with E-state index in [4.69, 9.17) is 14.7 Å². The molecule has 2 unspecified atom stereocenters.